The average Bonchev–Trinajstić information content (AvgIpc) is 2.48. The summed E-state index contributed by atoms with van der Waals surface area (Å²) in [5.74, 6) is 0. The number of hydrogen-bond donors (Lipinski definition) is 0. The predicted molar refractivity (Wildman–Crippen MR) is 83.5 cm³/mol. The fourth-order valence-corrected chi connectivity index (χ4v) is 3.89. The summed E-state index contributed by atoms with van der Waals surface area (Å²) < 4.78 is 1.05. The Bertz CT molecular complexity index is 632. The highest BCUT2D eigenvalue weighted by Gasteiger charge is 2.33. The van der Waals surface area contributed by atoms with Crippen LogP contribution in [0.5, 0.6) is 0 Å². The third-order valence-electron chi connectivity index (χ3n) is 3.44. The molecule has 0 bridgehead atoms. The van der Waals surface area contributed by atoms with Crippen molar-refractivity contribution in [1.29, 1.82) is 0 Å². The van der Waals surface area contributed by atoms with E-state index >= 15 is 0 Å². The quantitative estimate of drug-likeness (QED) is 0.772. The van der Waals surface area contributed by atoms with Crippen molar-refractivity contribution < 1.29 is 4.79 Å². The number of halogens is 1. The van der Waals surface area contributed by atoms with Gasteiger partial charge in [0.1, 0.15) is 11.3 Å². The number of benzene rings is 1. The molecule has 102 valence electrons. The summed E-state index contributed by atoms with van der Waals surface area (Å²) in [5.41, 5.74) is 2.16. The highest BCUT2D eigenvalue weighted by molar-refractivity contribution is 9.10. The van der Waals surface area contributed by atoms with Crippen LogP contribution in [0, 0.1) is 0 Å². The molecule has 0 aliphatic carbocycles. The van der Waals surface area contributed by atoms with E-state index in [2.05, 4.69) is 37.9 Å². The van der Waals surface area contributed by atoms with E-state index in [0.717, 1.165) is 21.3 Å². The maximum atomic E-state index is 11.5. The van der Waals surface area contributed by atoms with Gasteiger partial charge in [-0.3, -0.25) is 4.90 Å². The van der Waals surface area contributed by atoms with Gasteiger partial charge >= 0.3 is 0 Å². The molecule has 2 atom stereocenters. The molecule has 0 amide bonds. The number of nitrogens with zero attached hydrogens (tertiary/aromatic N) is 2. The molecular formula is C15H13BrN2OS. The largest absolute Gasteiger partial charge is 0.301 e. The van der Waals surface area contributed by atoms with Crippen molar-refractivity contribution in [3.8, 4) is 0 Å². The average molecular weight is 349 g/mol. The van der Waals surface area contributed by atoms with Gasteiger partial charge in [0.25, 0.3) is 0 Å². The van der Waals surface area contributed by atoms with E-state index in [1.807, 2.05) is 31.3 Å². The second kappa shape index (κ2) is 5.68. The second-order valence-electron chi connectivity index (χ2n) is 4.67. The minimum atomic E-state index is -0.242. The number of fused-ring (bicyclic) bond motifs is 1. The summed E-state index contributed by atoms with van der Waals surface area (Å²) in [4.78, 5) is 18.0. The molecule has 2 unspecified atom stereocenters. The number of carbonyl (C=O) groups is 1. The molecule has 0 N–H and O–H groups in total. The number of rotatable bonds is 2. The monoisotopic (exact) mass is 348 g/mol. The van der Waals surface area contributed by atoms with Crippen LogP contribution < -0.4 is 0 Å². The van der Waals surface area contributed by atoms with Crippen LogP contribution >= 0.6 is 27.7 Å². The number of pyridine rings is 1. The van der Waals surface area contributed by atoms with E-state index in [4.69, 9.17) is 0 Å². The van der Waals surface area contributed by atoms with Crippen LogP contribution in [-0.4, -0.2) is 23.2 Å². The standard InChI is InChI=1S/C15H13BrN2OS/c1-18-13(9-19)12-3-2-8-17-14(12)20-15(18)10-4-6-11(16)7-5-10/h2-9,13,15H,1H3. The Balaban J connectivity index is 2.02. The van der Waals surface area contributed by atoms with Crippen molar-refractivity contribution in [2.24, 2.45) is 0 Å². The number of thioether (sulfide) groups is 1. The summed E-state index contributed by atoms with van der Waals surface area (Å²) >= 11 is 5.13. The zero-order valence-electron chi connectivity index (χ0n) is 10.9. The lowest BCUT2D eigenvalue weighted by Crippen LogP contribution is -2.32. The summed E-state index contributed by atoms with van der Waals surface area (Å²) in [6.45, 7) is 0. The lowest BCUT2D eigenvalue weighted by Gasteiger charge is -2.37. The third kappa shape index (κ3) is 2.41. The van der Waals surface area contributed by atoms with Gasteiger partial charge < -0.3 is 4.79 Å². The van der Waals surface area contributed by atoms with E-state index in [0.29, 0.717) is 0 Å². The minimum absolute atomic E-state index is 0.0979. The smallest absolute Gasteiger partial charge is 0.141 e. The van der Waals surface area contributed by atoms with Gasteiger partial charge in [-0.1, -0.05) is 45.9 Å². The molecule has 1 aromatic heterocycles. The van der Waals surface area contributed by atoms with E-state index in [-0.39, 0.29) is 11.4 Å². The van der Waals surface area contributed by atoms with Crippen molar-refractivity contribution >= 4 is 34.0 Å². The molecule has 0 saturated heterocycles. The Labute approximate surface area is 130 Å². The first kappa shape index (κ1) is 13.8. The summed E-state index contributed by atoms with van der Waals surface area (Å²) in [6.07, 6.45) is 2.77. The van der Waals surface area contributed by atoms with Crippen LogP contribution in [0.15, 0.2) is 52.1 Å². The van der Waals surface area contributed by atoms with E-state index in [9.17, 15) is 4.79 Å². The maximum absolute atomic E-state index is 11.5. The van der Waals surface area contributed by atoms with Crippen molar-refractivity contribution in [2.75, 3.05) is 7.05 Å². The van der Waals surface area contributed by atoms with Crippen LogP contribution in [0.4, 0.5) is 0 Å². The molecule has 2 heterocycles. The normalized spacial score (nSPS) is 22.3. The molecule has 5 heteroatoms. The van der Waals surface area contributed by atoms with Gasteiger partial charge in [0.2, 0.25) is 0 Å². The fraction of sp³-hybridized carbons (Fsp3) is 0.200. The number of aldehydes is 1. The van der Waals surface area contributed by atoms with Crippen molar-refractivity contribution in [1.82, 2.24) is 9.88 Å². The molecule has 3 rings (SSSR count). The zero-order valence-corrected chi connectivity index (χ0v) is 13.3. The Kier molecular flexibility index (Phi) is 3.92. The third-order valence-corrected chi connectivity index (χ3v) is 5.36. The molecule has 3 nitrogen and oxygen atoms in total. The van der Waals surface area contributed by atoms with E-state index in [1.54, 1.807) is 18.0 Å². The molecule has 0 spiro atoms. The zero-order chi connectivity index (χ0) is 14.1. The van der Waals surface area contributed by atoms with Crippen LogP contribution in [0.25, 0.3) is 0 Å². The highest BCUT2D eigenvalue weighted by Crippen LogP contribution is 2.47. The van der Waals surface area contributed by atoms with Crippen LogP contribution in [0.3, 0.4) is 0 Å². The van der Waals surface area contributed by atoms with Gasteiger partial charge in [0.05, 0.1) is 11.4 Å². The second-order valence-corrected chi connectivity index (χ2v) is 6.65. The van der Waals surface area contributed by atoms with Crippen LogP contribution in [0.2, 0.25) is 0 Å². The Morgan fingerprint density at radius 3 is 2.75 bits per heavy atom. The maximum Gasteiger partial charge on any atom is 0.141 e. The molecule has 1 aliphatic heterocycles. The number of hydrogen-bond acceptors (Lipinski definition) is 4. The molecule has 1 aromatic carbocycles. The van der Waals surface area contributed by atoms with Crippen molar-refractivity contribution in [3.63, 3.8) is 0 Å². The first-order valence-corrected chi connectivity index (χ1v) is 7.92. The minimum Gasteiger partial charge on any atom is -0.301 e. The SMILES string of the molecule is CN1C(C=O)c2cccnc2SC1c1ccc(Br)cc1. The first-order valence-electron chi connectivity index (χ1n) is 6.25. The topological polar surface area (TPSA) is 33.2 Å². The van der Waals surface area contributed by atoms with Crippen molar-refractivity contribution in [2.45, 2.75) is 16.4 Å². The van der Waals surface area contributed by atoms with E-state index in [1.165, 1.54) is 5.56 Å². The Morgan fingerprint density at radius 1 is 1.30 bits per heavy atom. The number of carbonyl (C=O) groups excluding carboxylic acids is 1. The van der Waals surface area contributed by atoms with Gasteiger partial charge in [0.15, 0.2) is 0 Å². The fourth-order valence-electron chi connectivity index (χ4n) is 2.38. The molecule has 1 aliphatic rings. The molecule has 2 aromatic rings. The Hall–Kier alpha value is -1.17. The summed E-state index contributed by atoms with van der Waals surface area (Å²) in [5, 5.41) is 1.04. The lowest BCUT2D eigenvalue weighted by atomic mass is 10.1. The Morgan fingerprint density at radius 2 is 2.05 bits per heavy atom. The number of aromatic nitrogens is 1. The van der Waals surface area contributed by atoms with E-state index < -0.39 is 0 Å². The van der Waals surface area contributed by atoms with Gasteiger partial charge in [-0.25, -0.2) is 4.98 Å². The van der Waals surface area contributed by atoms with Crippen molar-refractivity contribution in [3.05, 3.63) is 58.2 Å². The lowest BCUT2D eigenvalue weighted by molar-refractivity contribution is -0.112. The van der Waals surface area contributed by atoms with Gasteiger partial charge in [0, 0.05) is 16.2 Å². The van der Waals surface area contributed by atoms with Crippen LogP contribution in [0.1, 0.15) is 22.5 Å². The number of likely N-dealkylation sites (N-methyl/N-ethyl adjacent to an activating group) is 1. The summed E-state index contributed by atoms with van der Waals surface area (Å²) in [7, 11) is 1.98. The molecule has 0 radical (unpaired) electrons. The first-order chi connectivity index (χ1) is 9.70. The molecule has 0 saturated carbocycles. The summed E-state index contributed by atoms with van der Waals surface area (Å²) in [6, 6.07) is 11.8. The molecular weight excluding hydrogens is 336 g/mol. The highest BCUT2D eigenvalue weighted by atomic mass is 79.9. The van der Waals surface area contributed by atoms with Gasteiger partial charge in [-0.2, -0.15) is 0 Å². The molecule has 0 fully saturated rings. The van der Waals surface area contributed by atoms with Gasteiger partial charge in [-0.15, -0.1) is 0 Å². The van der Waals surface area contributed by atoms with Crippen LogP contribution in [-0.2, 0) is 4.79 Å². The van der Waals surface area contributed by atoms with Gasteiger partial charge in [-0.05, 0) is 30.8 Å². The predicted octanol–water partition coefficient (Wildman–Crippen LogP) is 3.82. The molecule has 20 heavy (non-hydrogen) atoms.